The van der Waals surface area contributed by atoms with Crippen molar-refractivity contribution < 1.29 is 19.4 Å². The predicted octanol–water partition coefficient (Wildman–Crippen LogP) is 2.41. The van der Waals surface area contributed by atoms with E-state index in [1.54, 1.807) is 11.3 Å². The molecule has 6 heteroatoms. The van der Waals surface area contributed by atoms with Crippen LogP contribution in [-0.2, 0) is 27.3 Å². The number of nitrogens with zero attached hydrogens (tertiary/aromatic N) is 1. The van der Waals surface area contributed by atoms with Crippen LogP contribution in [0, 0.1) is 0 Å². The molecule has 0 amide bonds. The van der Waals surface area contributed by atoms with Crippen molar-refractivity contribution >= 4 is 23.3 Å². The average molecular weight is 293 g/mol. The van der Waals surface area contributed by atoms with Crippen LogP contribution in [0.2, 0.25) is 0 Å². The Morgan fingerprint density at radius 1 is 1.35 bits per heavy atom. The first kappa shape index (κ1) is 14.3. The molecule has 2 aromatic heterocycles. The maximum absolute atomic E-state index is 11.5. The van der Waals surface area contributed by atoms with Crippen LogP contribution in [0.4, 0.5) is 0 Å². The monoisotopic (exact) mass is 293 g/mol. The molecule has 106 valence electrons. The fraction of sp³-hybridized carbons (Fsp3) is 0.286. The molecule has 2 aromatic rings. The Morgan fingerprint density at radius 3 is 2.75 bits per heavy atom. The van der Waals surface area contributed by atoms with Crippen molar-refractivity contribution in [2.75, 3.05) is 7.11 Å². The molecular weight excluding hydrogens is 278 g/mol. The summed E-state index contributed by atoms with van der Waals surface area (Å²) in [5.41, 5.74) is 1.73. The zero-order valence-corrected chi connectivity index (χ0v) is 11.9. The van der Waals surface area contributed by atoms with Crippen LogP contribution >= 0.6 is 11.3 Å². The molecule has 0 radical (unpaired) electrons. The van der Waals surface area contributed by atoms with Crippen LogP contribution in [0.25, 0.3) is 10.6 Å². The number of aliphatic carboxylic acids is 1. The van der Waals surface area contributed by atoms with Crippen molar-refractivity contribution in [3.8, 4) is 10.6 Å². The van der Waals surface area contributed by atoms with E-state index in [-0.39, 0.29) is 18.9 Å². The highest BCUT2D eigenvalue weighted by Crippen LogP contribution is 2.27. The van der Waals surface area contributed by atoms with Gasteiger partial charge in [-0.15, -0.1) is 11.3 Å². The minimum absolute atomic E-state index is 0.0368. The minimum Gasteiger partial charge on any atom is -0.481 e. The molecule has 2 heterocycles. The number of hydrogen-bond acceptors (Lipinski definition) is 4. The van der Waals surface area contributed by atoms with Gasteiger partial charge in [0.1, 0.15) is 6.54 Å². The van der Waals surface area contributed by atoms with Crippen molar-refractivity contribution in [1.82, 2.24) is 4.57 Å². The fourth-order valence-corrected chi connectivity index (χ4v) is 2.74. The summed E-state index contributed by atoms with van der Waals surface area (Å²) in [5.74, 6) is -1.20. The van der Waals surface area contributed by atoms with Gasteiger partial charge in [-0.3, -0.25) is 9.59 Å². The van der Waals surface area contributed by atoms with Crippen LogP contribution in [0.1, 0.15) is 12.1 Å². The first-order chi connectivity index (χ1) is 9.61. The molecule has 0 saturated carbocycles. The highest BCUT2D eigenvalue weighted by Gasteiger charge is 2.14. The van der Waals surface area contributed by atoms with E-state index < -0.39 is 5.97 Å². The van der Waals surface area contributed by atoms with Crippen molar-refractivity contribution in [1.29, 1.82) is 0 Å². The maximum Gasteiger partial charge on any atom is 0.325 e. The lowest BCUT2D eigenvalue weighted by Crippen LogP contribution is -2.15. The number of methoxy groups -OCH3 is 1. The Morgan fingerprint density at radius 2 is 2.15 bits per heavy atom. The van der Waals surface area contributed by atoms with Crippen LogP contribution in [0.5, 0.6) is 0 Å². The highest BCUT2D eigenvalue weighted by molar-refractivity contribution is 7.13. The Bertz CT molecular complexity index is 601. The van der Waals surface area contributed by atoms with Crippen molar-refractivity contribution in [3.63, 3.8) is 0 Å². The number of hydrogen-bond donors (Lipinski definition) is 1. The number of carboxylic acids is 1. The van der Waals surface area contributed by atoms with Gasteiger partial charge in [-0.25, -0.2) is 0 Å². The van der Waals surface area contributed by atoms with E-state index >= 15 is 0 Å². The zero-order valence-electron chi connectivity index (χ0n) is 11.0. The van der Waals surface area contributed by atoms with Gasteiger partial charge in [-0.05, 0) is 30.0 Å². The van der Waals surface area contributed by atoms with Gasteiger partial charge in [0.25, 0.3) is 0 Å². The first-order valence-electron chi connectivity index (χ1n) is 6.12. The normalized spacial score (nSPS) is 10.4. The highest BCUT2D eigenvalue weighted by atomic mass is 32.1. The number of carbonyl (C=O) groups is 2. The molecule has 0 aliphatic carbocycles. The van der Waals surface area contributed by atoms with E-state index in [1.807, 2.05) is 34.2 Å². The molecule has 0 unspecified atom stereocenters. The van der Waals surface area contributed by atoms with Gasteiger partial charge in [-0.1, -0.05) is 6.07 Å². The maximum atomic E-state index is 11.5. The van der Waals surface area contributed by atoms with Crippen molar-refractivity contribution in [2.24, 2.45) is 0 Å². The lowest BCUT2D eigenvalue weighted by molar-refractivity contribution is -0.141. The summed E-state index contributed by atoms with van der Waals surface area (Å²) in [6.45, 7) is 0.0890. The first-order valence-corrected chi connectivity index (χ1v) is 7.00. The van der Waals surface area contributed by atoms with E-state index in [2.05, 4.69) is 0 Å². The van der Waals surface area contributed by atoms with E-state index in [4.69, 9.17) is 9.84 Å². The molecule has 0 saturated heterocycles. The predicted molar refractivity (Wildman–Crippen MR) is 75.7 cm³/mol. The Balaban J connectivity index is 2.32. The third-order valence-corrected chi connectivity index (χ3v) is 3.85. The Labute approximate surface area is 120 Å². The van der Waals surface area contributed by atoms with Gasteiger partial charge < -0.3 is 14.4 Å². The van der Waals surface area contributed by atoms with E-state index in [0.717, 1.165) is 16.3 Å². The minimum atomic E-state index is -0.853. The van der Waals surface area contributed by atoms with E-state index in [0.29, 0.717) is 6.42 Å². The van der Waals surface area contributed by atoms with Gasteiger partial charge in [0, 0.05) is 5.69 Å². The number of rotatable bonds is 6. The zero-order chi connectivity index (χ0) is 14.5. The molecular formula is C14H15NO4S. The molecule has 20 heavy (non-hydrogen) atoms. The molecule has 0 aromatic carbocycles. The third-order valence-electron chi connectivity index (χ3n) is 2.95. The van der Waals surface area contributed by atoms with Gasteiger partial charge in [0.15, 0.2) is 0 Å². The molecule has 5 nitrogen and oxygen atoms in total. The average Bonchev–Trinajstić information content (AvgIpc) is 3.05. The standard InChI is InChI=1S/C14H15NO4S/c1-19-14(18)9-15-10(5-7-13(16)17)4-6-11(15)12-3-2-8-20-12/h2-4,6,8H,5,7,9H2,1H3,(H,16,17). The number of carboxylic acid groups (broad SMARTS) is 1. The second-order valence-electron chi connectivity index (χ2n) is 4.24. The summed E-state index contributed by atoms with van der Waals surface area (Å²) in [7, 11) is 1.34. The van der Waals surface area contributed by atoms with Gasteiger partial charge in [-0.2, -0.15) is 0 Å². The van der Waals surface area contributed by atoms with Crippen LogP contribution in [0.15, 0.2) is 29.6 Å². The second kappa shape index (κ2) is 6.38. The smallest absolute Gasteiger partial charge is 0.325 e. The molecule has 0 bridgehead atoms. The Hall–Kier alpha value is -2.08. The van der Waals surface area contributed by atoms with Crippen LogP contribution in [-0.4, -0.2) is 28.7 Å². The summed E-state index contributed by atoms with van der Waals surface area (Å²) in [5, 5.41) is 10.7. The van der Waals surface area contributed by atoms with Gasteiger partial charge in [0.05, 0.1) is 24.1 Å². The van der Waals surface area contributed by atoms with Crippen LogP contribution < -0.4 is 0 Å². The summed E-state index contributed by atoms with van der Waals surface area (Å²) < 4.78 is 6.52. The fourth-order valence-electron chi connectivity index (χ4n) is 1.98. The van der Waals surface area contributed by atoms with Crippen molar-refractivity contribution in [2.45, 2.75) is 19.4 Å². The summed E-state index contributed by atoms with van der Waals surface area (Å²) >= 11 is 1.57. The summed E-state index contributed by atoms with van der Waals surface area (Å²) in [4.78, 5) is 23.3. The number of ether oxygens (including phenoxy) is 1. The molecule has 0 spiro atoms. The summed E-state index contributed by atoms with van der Waals surface area (Å²) in [6, 6.07) is 7.67. The second-order valence-corrected chi connectivity index (χ2v) is 5.19. The molecule has 0 atom stereocenters. The SMILES string of the molecule is COC(=O)Cn1c(CCC(=O)O)ccc1-c1cccs1. The number of carbonyl (C=O) groups excluding carboxylic acids is 1. The van der Waals surface area contributed by atoms with E-state index in [1.165, 1.54) is 7.11 Å². The van der Waals surface area contributed by atoms with Crippen LogP contribution in [0.3, 0.4) is 0 Å². The van der Waals surface area contributed by atoms with Crippen molar-refractivity contribution in [3.05, 3.63) is 35.3 Å². The lowest BCUT2D eigenvalue weighted by atomic mass is 10.2. The van der Waals surface area contributed by atoms with E-state index in [9.17, 15) is 9.59 Å². The lowest BCUT2D eigenvalue weighted by Gasteiger charge is -2.11. The number of aromatic nitrogens is 1. The number of thiophene rings is 1. The topological polar surface area (TPSA) is 68.5 Å². The molecule has 0 fully saturated rings. The quantitative estimate of drug-likeness (QED) is 0.830. The van der Waals surface area contributed by atoms with Gasteiger partial charge >= 0.3 is 11.9 Å². The summed E-state index contributed by atoms with van der Waals surface area (Å²) in [6.07, 6.45) is 0.423. The molecule has 0 aliphatic rings. The molecule has 0 aliphatic heterocycles. The number of esters is 1. The molecule has 1 N–H and O–H groups in total. The largest absolute Gasteiger partial charge is 0.481 e. The Kier molecular flexibility index (Phi) is 4.57. The third kappa shape index (κ3) is 3.27. The molecule has 2 rings (SSSR count). The number of aryl methyl sites for hydroxylation is 1. The van der Waals surface area contributed by atoms with Gasteiger partial charge in [0.2, 0.25) is 0 Å².